The van der Waals surface area contributed by atoms with Gasteiger partial charge in [0.1, 0.15) is 0 Å². The monoisotopic (exact) mass is 365 g/mol. The molecule has 1 spiro atoms. The molecule has 1 saturated heterocycles. The van der Waals surface area contributed by atoms with Gasteiger partial charge in [0.15, 0.2) is 0 Å². The third-order valence-corrected chi connectivity index (χ3v) is 4.75. The van der Waals surface area contributed by atoms with Crippen LogP contribution in [0, 0.1) is 17.0 Å². The zero-order chi connectivity index (χ0) is 19.2. The Bertz CT molecular complexity index is 999. The minimum Gasteiger partial charge on any atom is -0.378 e. The van der Waals surface area contributed by atoms with Gasteiger partial charge in [-0.2, -0.15) is 0 Å². The second kappa shape index (κ2) is 6.01. The highest BCUT2D eigenvalue weighted by Crippen LogP contribution is 2.39. The molecule has 136 valence electrons. The largest absolute Gasteiger partial charge is 0.378 e. The number of oxime groups is 1. The highest BCUT2D eigenvalue weighted by molar-refractivity contribution is 6.25. The quantitative estimate of drug-likeness (QED) is 0.473. The Morgan fingerprint density at radius 3 is 2.59 bits per heavy atom. The fraction of sp³-hybridized carbons (Fsp3) is 0.211. The number of nitro groups is 1. The molecule has 0 radical (unpaired) electrons. The van der Waals surface area contributed by atoms with E-state index in [4.69, 9.17) is 4.84 Å². The molecule has 8 nitrogen and oxygen atoms in total. The van der Waals surface area contributed by atoms with E-state index in [0.29, 0.717) is 5.71 Å². The number of carbonyl (C=O) groups excluding carboxylic acids is 2. The number of imide groups is 1. The zero-order valence-electron chi connectivity index (χ0n) is 14.4. The topological polar surface area (TPSA) is 102 Å². The summed E-state index contributed by atoms with van der Waals surface area (Å²) in [7, 11) is 0. The van der Waals surface area contributed by atoms with Gasteiger partial charge < -0.3 is 4.84 Å². The van der Waals surface area contributed by atoms with Gasteiger partial charge in [-0.1, -0.05) is 41.1 Å². The van der Waals surface area contributed by atoms with E-state index in [-0.39, 0.29) is 24.2 Å². The zero-order valence-corrected chi connectivity index (χ0v) is 14.4. The molecule has 0 aromatic heterocycles. The van der Waals surface area contributed by atoms with Crippen molar-refractivity contribution in [1.82, 2.24) is 0 Å². The number of benzene rings is 2. The summed E-state index contributed by atoms with van der Waals surface area (Å²) >= 11 is 0. The maximum Gasteiger partial charge on any atom is 0.281 e. The van der Waals surface area contributed by atoms with Crippen molar-refractivity contribution < 1.29 is 19.3 Å². The molecule has 2 aliphatic rings. The van der Waals surface area contributed by atoms with Gasteiger partial charge in [0, 0.05) is 18.6 Å². The normalized spacial score (nSPS) is 21.5. The second-order valence-electron chi connectivity index (χ2n) is 6.65. The lowest BCUT2D eigenvalue weighted by atomic mass is 9.92. The van der Waals surface area contributed by atoms with Gasteiger partial charge in [0.05, 0.1) is 22.7 Å². The molecule has 2 heterocycles. The van der Waals surface area contributed by atoms with Crippen LogP contribution in [0.1, 0.15) is 24.0 Å². The predicted molar refractivity (Wildman–Crippen MR) is 96.4 cm³/mol. The van der Waals surface area contributed by atoms with Gasteiger partial charge >= 0.3 is 0 Å². The van der Waals surface area contributed by atoms with Crippen molar-refractivity contribution in [3.05, 3.63) is 69.8 Å². The van der Waals surface area contributed by atoms with Gasteiger partial charge in [0.2, 0.25) is 11.5 Å². The van der Waals surface area contributed by atoms with E-state index in [1.54, 1.807) is 0 Å². The number of hydrogen-bond donors (Lipinski definition) is 0. The molecular weight excluding hydrogens is 350 g/mol. The number of rotatable bonds is 3. The highest BCUT2D eigenvalue weighted by atomic mass is 16.7. The van der Waals surface area contributed by atoms with Gasteiger partial charge in [-0.3, -0.25) is 19.7 Å². The second-order valence-corrected chi connectivity index (χ2v) is 6.65. The molecule has 2 aliphatic heterocycles. The lowest BCUT2D eigenvalue weighted by Gasteiger charge is -2.19. The first-order valence-electron chi connectivity index (χ1n) is 8.34. The Morgan fingerprint density at radius 2 is 1.89 bits per heavy atom. The molecule has 4 rings (SSSR count). The maximum absolute atomic E-state index is 13.0. The molecule has 2 aromatic rings. The van der Waals surface area contributed by atoms with E-state index in [1.165, 1.54) is 24.3 Å². The summed E-state index contributed by atoms with van der Waals surface area (Å²) in [4.78, 5) is 42.3. The molecule has 0 N–H and O–H groups in total. The summed E-state index contributed by atoms with van der Waals surface area (Å²) in [5.74, 6) is -1.03. The molecule has 1 fully saturated rings. The van der Waals surface area contributed by atoms with E-state index < -0.39 is 22.3 Å². The number of aryl methyl sites for hydroxylation is 1. The van der Waals surface area contributed by atoms with Crippen LogP contribution in [0.3, 0.4) is 0 Å². The standard InChI is InChI=1S/C19H15N3O5/c1-12-5-7-13(8-6-12)16-10-19(27-20-16)11-17(23)21(18(19)24)14-3-2-4-15(9-14)22(25)26/h2-9H,10-11H2,1H3. The van der Waals surface area contributed by atoms with Gasteiger partial charge in [0.25, 0.3) is 11.6 Å². The molecule has 2 aromatic carbocycles. The first-order chi connectivity index (χ1) is 12.9. The Labute approximate surface area is 154 Å². The minimum atomic E-state index is -1.39. The third kappa shape index (κ3) is 2.75. The molecule has 0 saturated carbocycles. The van der Waals surface area contributed by atoms with Crippen molar-refractivity contribution in [3.8, 4) is 0 Å². The molecule has 0 aliphatic carbocycles. The first kappa shape index (κ1) is 16.9. The molecule has 0 bridgehead atoms. The number of hydrogen-bond acceptors (Lipinski definition) is 6. The summed E-state index contributed by atoms with van der Waals surface area (Å²) in [6.45, 7) is 1.97. The number of non-ortho nitro benzene ring substituents is 1. The number of nitro benzene ring substituents is 1. The van der Waals surface area contributed by atoms with E-state index >= 15 is 0 Å². The molecule has 1 unspecified atom stereocenters. The molecule has 27 heavy (non-hydrogen) atoms. The van der Waals surface area contributed by atoms with Crippen LogP contribution in [0.25, 0.3) is 0 Å². The van der Waals surface area contributed by atoms with Crippen molar-refractivity contribution in [2.24, 2.45) is 5.16 Å². The van der Waals surface area contributed by atoms with E-state index in [1.807, 2.05) is 31.2 Å². The SMILES string of the molecule is Cc1ccc(C2=NOC3(CC(=O)N(c4cccc([N+](=O)[O-])c4)C3=O)C2)cc1. The fourth-order valence-corrected chi connectivity index (χ4v) is 3.31. The molecule has 1 atom stereocenters. The Kier molecular flexibility index (Phi) is 3.76. The Morgan fingerprint density at radius 1 is 1.15 bits per heavy atom. The molecule has 2 amide bonds. The van der Waals surface area contributed by atoms with Crippen LogP contribution < -0.4 is 4.90 Å². The maximum atomic E-state index is 13.0. The Hall–Kier alpha value is -3.55. The summed E-state index contributed by atoms with van der Waals surface area (Å²) in [5, 5.41) is 15.0. The number of amides is 2. The summed E-state index contributed by atoms with van der Waals surface area (Å²) in [6.07, 6.45) is 0.0133. The van der Waals surface area contributed by atoms with Crippen molar-refractivity contribution in [3.63, 3.8) is 0 Å². The van der Waals surface area contributed by atoms with Crippen molar-refractivity contribution >= 4 is 28.9 Å². The minimum absolute atomic E-state index is 0.156. The smallest absolute Gasteiger partial charge is 0.281 e. The van der Waals surface area contributed by atoms with Crippen LogP contribution in [0.2, 0.25) is 0 Å². The molecule has 8 heteroatoms. The van der Waals surface area contributed by atoms with Crippen LogP contribution in [-0.2, 0) is 14.4 Å². The lowest BCUT2D eigenvalue weighted by Crippen LogP contribution is -2.40. The van der Waals surface area contributed by atoms with Gasteiger partial charge in [-0.05, 0) is 18.6 Å². The van der Waals surface area contributed by atoms with Crippen LogP contribution in [0.15, 0.2) is 53.7 Å². The van der Waals surface area contributed by atoms with E-state index in [9.17, 15) is 19.7 Å². The first-order valence-corrected chi connectivity index (χ1v) is 8.34. The third-order valence-electron chi connectivity index (χ3n) is 4.75. The fourth-order valence-electron chi connectivity index (χ4n) is 3.31. The summed E-state index contributed by atoms with van der Waals surface area (Å²) in [5.41, 5.74) is 1.09. The number of anilines is 1. The van der Waals surface area contributed by atoms with E-state index in [2.05, 4.69) is 5.16 Å². The number of nitrogens with zero attached hydrogens (tertiary/aromatic N) is 3. The summed E-state index contributed by atoms with van der Waals surface area (Å²) < 4.78 is 0. The Balaban J connectivity index is 1.61. The number of carbonyl (C=O) groups is 2. The van der Waals surface area contributed by atoms with Crippen LogP contribution in [0.5, 0.6) is 0 Å². The predicted octanol–water partition coefficient (Wildman–Crippen LogP) is 2.73. The van der Waals surface area contributed by atoms with Crippen LogP contribution in [0.4, 0.5) is 11.4 Å². The van der Waals surface area contributed by atoms with Gasteiger partial charge in [-0.25, -0.2) is 4.90 Å². The molecular formula is C19H15N3O5. The van der Waals surface area contributed by atoms with Gasteiger partial charge in [-0.15, -0.1) is 0 Å². The average Bonchev–Trinajstić information content (AvgIpc) is 3.17. The van der Waals surface area contributed by atoms with Crippen molar-refractivity contribution in [1.29, 1.82) is 0 Å². The van der Waals surface area contributed by atoms with Crippen LogP contribution >= 0.6 is 0 Å². The average molecular weight is 365 g/mol. The highest BCUT2D eigenvalue weighted by Gasteiger charge is 2.58. The summed E-state index contributed by atoms with van der Waals surface area (Å²) in [6, 6.07) is 13.0. The van der Waals surface area contributed by atoms with Crippen molar-refractivity contribution in [2.75, 3.05) is 4.90 Å². The van der Waals surface area contributed by atoms with E-state index in [0.717, 1.165) is 16.0 Å². The lowest BCUT2D eigenvalue weighted by molar-refractivity contribution is -0.384. The van der Waals surface area contributed by atoms with Crippen LogP contribution in [-0.4, -0.2) is 28.1 Å². The van der Waals surface area contributed by atoms with Crippen molar-refractivity contribution in [2.45, 2.75) is 25.4 Å².